The third-order valence-corrected chi connectivity index (χ3v) is 9.82. The average molecular weight is 357 g/mol. The molecule has 0 spiro atoms. The lowest BCUT2D eigenvalue weighted by molar-refractivity contribution is 0.0593. The first-order valence-corrected chi connectivity index (χ1v) is 11.0. The minimum atomic E-state index is -2.22. The summed E-state index contributed by atoms with van der Waals surface area (Å²) in [5.74, 6) is -0.600. The van der Waals surface area contributed by atoms with Crippen LogP contribution < -0.4 is 9.16 Å². The summed E-state index contributed by atoms with van der Waals surface area (Å²) in [6.07, 6.45) is 0. The monoisotopic (exact) mass is 356 g/mol. The third-order valence-electron chi connectivity index (χ3n) is 5.41. The van der Waals surface area contributed by atoms with Gasteiger partial charge in [0.15, 0.2) is 11.6 Å². The number of hydrogen-bond donors (Lipinski definition) is 0. The predicted octanol–water partition coefficient (Wildman–Crippen LogP) is 4.95. The van der Waals surface area contributed by atoms with Crippen molar-refractivity contribution in [2.24, 2.45) is 5.92 Å². The van der Waals surface area contributed by atoms with E-state index in [1.54, 1.807) is 6.92 Å². The van der Waals surface area contributed by atoms with Crippen LogP contribution in [0, 0.1) is 18.7 Å². The molecule has 0 aliphatic rings. The summed E-state index contributed by atoms with van der Waals surface area (Å²) in [5, 5.41) is -0.0213. The van der Waals surface area contributed by atoms with Crippen molar-refractivity contribution in [3.05, 3.63) is 23.0 Å². The lowest BCUT2D eigenvalue weighted by Crippen LogP contribution is -2.48. The topological polar surface area (TPSA) is 44.8 Å². The summed E-state index contributed by atoms with van der Waals surface area (Å²) in [6.45, 7) is 14.6. The van der Waals surface area contributed by atoms with Crippen LogP contribution in [0.4, 0.5) is 4.39 Å². The van der Waals surface area contributed by atoms with Gasteiger partial charge >= 0.3 is 5.97 Å². The Morgan fingerprint density at radius 3 is 2.17 bits per heavy atom. The van der Waals surface area contributed by atoms with Crippen LogP contribution >= 0.6 is 0 Å². The van der Waals surface area contributed by atoms with Crippen LogP contribution in [0.1, 0.15) is 43.6 Å². The fourth-order valence-corrected chi connectivity index (χ4v) is 4.82. The number of rotatable bonds is 6. The first kappa shape index (κ1) is 20.5. The number of methoxy groups -OCH3 is 2. The fourth-order valence-electron chi connectivity index (χ4n) is 2.40. The Morgan fingerprint density at radius 2 is 1.75 bits per heavy atom. The second-order valence-electron chi connectivity index (χ2n) is 7.37. The van der Waals surface area contributed by atoms with Gasteiger partial charge in [-0.1, -0.05) is 27.7 Å². The molecule has 0 N–H and O–H groups in total. The Kier molecular flexibility index (Phi) is 6.08. The molecule has 0 aliphatic heterocycles. The molecule has 6 heteroatoms. The van der Waals surface area contributed by atoms with E-state index in [1.807, 2.05) is 0 Å². The van der Waals surface area contributed by atoms with Gasteiger partial charge in [-0.15, -0.1) is 0 Å². The van der Waals surface area contributed by atoms with Crippen LogP contribution in [0.5, 0.6) is 11.5 Å². The van der Waals surface area contributed by atoms with E-state index in [4.69, 9.17) is 13.9 Å². The molecule has 0 heterocycles. The van der Waals surface area contributed by atoms with Crippen molar-refractivity contribution in [1.29, 1.82) is 0 Å². The van der Waals surface area contributed by atoms with Gasteiger partial charge in [-0.3, -0.25) is 0 Å². The Hall–Kier alpha value is -1.56. The first-order chi connectivity index (χ1) is 10.9. The third kappa shape index (κ3) is 3.58. The molecular formula is C18H29FO4Si. The van der Waals surface area contributed by atoms with Crippen molar-refractivity contribution in [3.8, 4) is 11.5 Å². The highest BCUT2D eigenvalue weighted by atomic mass is 28.4. The zero-order valence-corrected chi connectivity index (χ0v) is 17.2. The highest BCUT2D eigenvalue weighted by molar-refractivity contribution is 6.75. The zero-order chi connectivity index (χ0) is 18.9. The molecular weight excluding hydrogens is 327 g/mol. The summed E-state index contributed by atoms with van der Waals surface area (Å²) in [5.41, 5.74) is 0.291. The molecule has 0 atom stereocenters. The summed E-state index contributed by atoms with van der Waals surface area (Å²) in [6, 6.07) is 1.52. The molecule has 0 saturated carbocycles. The smallest absolute Gasteiger partial charge is 0.341 e. The molecule has 4 nitrogen and oxygen atoms in total. The summed E-state index contributed by atoms with van der Waals surface area (Å²) in [7, 11) is 0.367. The van der Waals surface area contributed by atoms with E-state index < -0.39 is 20.1 Å². The molecule has 0 radical (unpaired) electrons. The van der Waals surface area contributed by atoms with Gasteiger partial charge in [-0.05, 0) is 31.0 Å². The van der Waals surface area contributed by atoms with Crippen molar-refractivity contribution < 1.29 is 23.1 Å². The maximum absolute atomic E-state index is 14.5. The van der Waals surface area contributed by atoms with Crippen LogP contribution in [0.2, 0.25) is 18.1 Å². The van der Waals surface area contributed by atoms with Crippen LogP contribution in [0.3, 0.4) is 0 Å². The highest BCUT2D eigenvalue weighted by Crippen LogP contribution is 2.46. The number of benzene rings is 1. The van der Waals surface area contributed by atoms with E-state index in [0.29, 0.717) is 17.2 Å². The number of halogens is 1. The summed E-state index contributed by atoms with van der Waals surface area (Å²) in [4.78, 5) is 12.0. The van der Waals surface area contributed by atoms with E-state index >= 15 is 0 Å². The molecule has 0 aromatic heterocycles. The number of esters is 1. The van der Waals surface area contributed by atoms with Crippen LogP contribution in [0.15, 0.2) is 6.07 Å². The van der Waals surface area contributed by atoms with Gasteiger partial charge in [0.1, 0.15) is 11.3 Å². The average Bonchev–Trinajstić information content (AvgIpc) is 2.49. The zero-order valence-electron chi connectivity index (χ0n) is 16.2. The van der Waals surface area contributed by atoms with Gasteiger partial charge in [-0.25, -0.2) is 9.18 Å². The SMILES string of the molecule is COC(=O)c1c(C)c(O[Si](C)(C)C(C)(C)C(C)C)cc(OC)c1F. The summed E-state index contributed by atoms with van der Waals surface area (Å²) >= 11 is 0. The van der Waals surface area contributed by atoms with E-state index in [0.717, 1.165) is 0 Å². The molecule has 0 aliphatic carbocycles. The Bertz CT molecular complexity index is 624. The number of ether oxygens (including phenoxy) is 2. The highest BCUT2D eigenvalue weighted by Gasteiger charge is 2.45. The van der Waals surface area contributed by atoms with Crippen molar-refractivity contribution >= 4 is 14.3 Å². The van der Waals surface area contributed by atoms with Crippen molar-refractivity contribution in [3.63, 3.8) is 0 Å². The maximum Gasteiger partial charge on any atom is 0.341 e. The fraction of sp³-hybridized carbons (Fsp3) is 0.611. The van der Waals surface area contributed by atoms with Gasteiger partial charge < -0.3 is 13.9 Å². The minimum absolute atomic E-state index is 0.0213. The molecule has 1 aromatic carbocycles. The molecule has 136 valence electrons. The Labute approximate surface area is 145 Å². The van der Waals surface area contributed by atoms with Crippen molar-refractivity contribution in [2.75, 3.05) is 14.2 Å². The predicted molar refractivity (Wildman–Crippen MR) is 96.0 cm³/mol. The van der Waals surface area contributed by atoms with Gasteiger partial charge in [0, 0.05) is 11.6 Å². The molecule has 0 bridgehead atoms. The molecule has 0 saturated heterocycles. The minimum Gasteiger partial charge on any atom is -0.543 e. The molecule has 1 rings (SSSR count). The van der Waals surface area contributed by atoms with E-state index in [1.165, 1.54) is 20.3 Å². The lowest BCUT2D eigenvalue weighted by atomic mass is 9.99. The molecule has 24 heavy (non-hydrogen) atoms. The maximum atomic E-state index is 14.5. The quantitative estimate of drug-likeness (QED) is 0.534. The van der Waals surface area contributed by atoms with Crippen LogP contribution in [-0.4, -0.2) is 28.5 Å². The van der Waals surface area contributed by atoms with Crippen molar-refractivity contribution in [2.45, 2.75) is 52.8 Å². The largest absolute Gasteiger partial charge is 0.543 e. The summed E-state index contributed by atoms with van der Waals surface area (Å²) < 4.78 is 30.6. The normalized spacial score (nSPS) is 12.3. The standard InChI is InChI=1S/C18H29FO4Si/c1-11(2)18(4,5)24(8,9)23-13-10-14(21-6)16(19)15(12(13)3)17(20)22-7/h10-11H,1-9H3. The van der Waals surface area contributed by atoms with Crippen LogP contribution in [0.25, 0.3) is 0 Å². The van der Waals surface area contributed by atoms with Gasteiger partial charge in [0.2, 0.25) is 0 Å². The van der Waals surface area contributed by atoms with Crippen molar-refractivity contribution in [1.82, 2.24) is 0 Å². The number of carbonyl (C=O) groups excluding carboxylic acids is 1. The Balaban J connectivity index is 3.48. The first-order valence-electron chi connectivity index (χ1n) is 8.05. The number of hydrogen-bond acceptors (Lipinski definition) is 4. The number of carbonyl (C=O) groups is 1. The van der Waals surface area contributed by atoms with Gasteiger partial charge in [0.05, 0.1) is 14.2 Å². The van der Waals surface area contributed by atoms with Gasteiger partial charge in [0.25, 0.3) is 8.32 Å². The van der Waals surface area contributed by atoms with E-state index in [-0.39, 0.29) is 16.4 Å². The van der Waals surface area contributed by atoms with E-state index in [2.05, 4.69) is 40.8 Å². The molecule has 0 fully saturated rings. The second-order valence-corrected chi connectivity index (χ2v) is 11.9. The lowest BCUT2D eigenvalue weighted by Gasteiger charge is -2.42. The molecule has 0 amide bonds. The molecule has 1 aromatic rings. The Morgan fingerprint density at radius 1 is 1.21 bits per heavy atom. The molecule has 0 unspecified atom stereocenters. The second kappa shape index (κ2) is 7.13. The van der Waals surface area contributed by atoms with E-state index in [9.17, 15) is 9.18 Å². The van der Waals surface area contributed by atoms with Gasteiger partial charge in [-0.2, -0.15) is 0 Å². The van der Waals surface area contributed by atoms with Crippen LogP contribution in [-0.2, 0) is 4.74 Å².